The van der Waals surface area contributed by atoms with Crippen LogP contribution in [0.5, 0.6) is 0 Å². The van der Waals surface area contributed by atoms with E-state index < -0.39 is 0 Å². The molecule has 0 aromatic rings. The van der Waals surface area contributed by atoms with Gasteiger partial charge < -0.3 is 4.74 Å². The van der Waals surface area contributed by atoms with Crippen LogP contribution in [0.25, 0.3) is 0 Å². The zero-order chi connectivity index (χ0) is 17.2. The summed E-state index contributed by atoms with van der Waals surface area (Å²) >= 11 is 4.03. The van der Waals surface area contributed by atoms with Gasteiger partial charge in [-0.2, -0.15) is 0 Å². The van der Waals surface area contributed by atoms with E-state index in [2.05, 4.69) is 43.9 Å². The number of hydrogen-bond donors (Lipinski definition) is 1. The summed E-state index contributed by atoms with van der Waals surface area (Å²) in [7, 11) is 0. The van der Waals surface area contributed by atoms with Crippen LogP contribution in [0.4, 0.5) is 0 Å². The lowest BCUT2D eigenvalue weighted by atomic mass is 10.1. The molecule has 0 aromatic carbocycles. The van der Waals surface area contributed by atoms with Crippen LogP contribution in [0, 0.1) is 0 Å². The zero-order valence-electron chi connectivity index (χ0n) is 15.1. The van der Waals surface area contributed by atoms with Crippen LogP contribution in [0.15, 0.2) is 24.3 Å². The first-order valence-corrected chi connectivity index (χ1v) is 9.86. The molecule has 2 nitrogen and oxygen atoms in total. The first-order valence-electron chi connectivity index (χ1n) is 9.34. The smallest absolute Gasteiger partial charge is 0.306 e. The van der Waals surface area contributed by atoms with E-state index >= 15 is 0 Å². The molecule has 3 heteroatoms. The number of esters is 1. The van der Waals surface area contributed by atoms with Gasteiger partial charge in [-0.15, -0.1) is 12.6 Å². The number of allylic oxidation sites excluding steroid dienone is 4. The zero-order valence-corrected chi connectivity index (χ0v) is 16.0. The third-order valence-corrected chi connectivity index (χ3v) is 3.74. The van der Waals surface area contributed by atoms with Crippen molar-refractivity contribution in [2.24, 2.45) is 0 Å². The van der Waals surface area contributed by atoms with Gasteiger partial charge in [0.25, 0.3) is 0 Å². The molecule has 0 N–H and O–H groups in total. The SMILES string of the molecule is CCCCC/C=C\C/C=C\CCCCCCCC(=O)OC(C)S. The van der Waals surface area contributed by atoms with Gasteiger partial charge in [-0.1, -0.05) is 63.3 Å². The van der Waals surface area contributed by atoms with E-state index in [4.69, 9.17) is 4.74 Å². The van der Waals surface area contributed by atoms with Gasteiger partial charge >= 0.3 is 5.97 Å². The van der Waals surface area contributed by atoms with Crippen LogP contribution >= 0.6 is 12.6 Å². The molecule has 1 atom stereocenters. The van der Waals surface area contributed by atoms with Gasteiger partial charge in [0, 0.05) is 6.42 Å². The van der Waals surface area contributed by atoms with Crippen LogP contribution in [-0.4, -0.2) is 11.4 Å². The van der Waals surface area contributed by atoms with E-state index in [9.17, 15) is 4.79 Å². The summed E-state index contributed by atoms with van der Waals surface area (Å²) in [6.07, 6.45) is 22.8. The normalized spacial score (nSPS) is 13.0. The molecule has 23 heavy (non-hydrogen) atoms. The van der Waals surface area contributed by atoms with E-state index in [1.807, 2.05) is 0 Å². The number of thiol groups is 1. The molecule has 134 valence electrons. The van der Waals surface area contributed by atoms with Crippen molar-refractivity contribution < 1.29 is 9.53 Å². The largest absolute Gasteiger partial charge is 0.452 e. The van der Waals surface area contributed by atoms with Crippen molar-refractivity contribution in [3.63, 3.8) is 0 Å². The first kappa shape index (κ1) is 22.3. The lowest BCUT2D eigenvalue weighted by Crippen LogP contribution is -2.08. The number of unbranched alkanes of at least 4 members (excludes halogenated alkanes) is 8. The Labute approximate surface area is 149 Å². The minimum Gasteiger partial charge on any atom is -0.452 e. The van der Waals surface area contributed by atoms with Gasteiger partial charge in [0.1, 0.15) is 5.44 Å². The number of ether oxygens (including phenoxy) is 1. The highest BCUT2D eigenvalue weighted by Crippen LogP contribution is 2.09. The quantitative estimate of drug-likeness (QED) is 0.119. The average molecular weight is 341 g/mol. The molecule has 0 spiro atoms. The summed E-state index contributed by atoms with van der Waals surface area (Å²) < 4.78 is 4.98. The highest BCUT2D eigenvalue weighted by Gasteiger charge is 2.04. The second-order valence-electron chi connectivity index (χ2n) is 6.07. The fourth-order valence-electron chi connectivity index (χ4n) is 2.33. The van der Waals surface area contributed by atoms with Gasteiger partial charge in [-0.05, 0) is 45.4 Å². The van der Waals surface area contributed by atoms with Crippen LogP contribution in [0.1, 0.15) is 90.9 Å². The van der Waals surface area contributed by atoms with E-state index in [0.29, 0.717) is 6.42 Å². The Hall–Kier alpha value is -0.700. The van der Waals surface area contributed by atoms with Crippen LogP contribution < -0.4 is 0 Å². The van der Waals surface area contributed by atoms with Crippen molar-refractivity contribution >= 4 is 18.6 Å². The molecular formula is C20H36O2S. The van der Waals surface area contributed by atoms with Crippen molar-refractivity contribution in [1.29, 1.82) is 0 Å². The topological polar surface area (TPSA) is 26.3 Å². The fourth-order valence-corrected chi connectivity index (χ4v) is 2.45. The highest BCUT2D eigenvalue weighted by atomic mass is 32.1. The maximum absolute atomic E-state index is 11.3. The molecule has 0 saturated carbocycles. The monoisotopic (exact) mass is 340 g/mol. The summed E-state index contributed by atoms with van der Waals surface area (Å²) in [6, 6.07) is 0. The molecule has 0 aromatic heterocycles. The number of carbonyl (C=O) groups is 1. The standard InChI is InChI=1S/C20H36O2S/c1-3-4-5-6-7-8-9-10-11-12-13-14-15-16-17-18-20(21)22-19(2)23/h7-8,10-11,19,23H,3-6,9,12-18H2,1-2H3/b8-7-,11-10-. The molecule has 0 radical (unpaired) electrons. The molecule has 0 heterocycles. The molecular weight excluding hydrogens is 304 g/mol. The van der Waals surface area contributed by atoms with E-state index in [0.717, 1.165) is 19.3 Å². The Balaban J connectivity index is 3.26. The van der Waals surface area contributed by atoms with E-state index in [1.54, 1.807) is 6.92 Å². The molecule has 0 fully saturated rings. The minimum absolute atomic E-state index is 0.127. The Bertz CT molecular complexity index is 322. The predicted molar refractivity (Wildman–Crippen MR) is 104 cm³/mol. The number of hydrogen-bond acceptors (Lipinski definition) is 3. The lowest BCUT2D eigenvalue weighted by Gasteiger charge is -2.06. The van der Waals surface area contributed by atoms with Crippen molar-refractivity contribution in [1.82, 2.24) is 0 Å². The molecule has 0 rings (SSSR count). The highest BCUT2D eigenvalue weighted by molar-refractivity contribution is 7.80. The van der Waals surface area contributed by atoms with Gasteiger partial charge in [-0.25, -0.2) is 0 Å². The van der Waals surface area contributed by atoms with Gasteiger partial charge in [-0.3, -0.25) is 4.79 Å². The van der Waals surface area contributed by atoms with Crippen LogP contribution in [0.2, 0.25) is 0 Å². The molecule has 0 bridgehead atoms. The third-order valence-electron chi connectivity index (χ3n) is 3.63. The summed E-state index contributed by atoms with van der Waals surface area (Å²) in [6.45, 7) is 4.00. The predicted octanol–water partition coefficient (Wildman–Crippen LogP) is 6.62. The van der Waals surface area contributed by atoms with E-state index in [-0.39, 0.29) is 11.4 Å². The van der Waals surface area contributed by atoms with Gasteiger partial charge in [0.05, 0.1) is 0 Å². The molecule has 0 aliphatic carbocycles. The molecule has 0 aliphatic rings. The number of carbonyl (C=O) groups excluding carboxylic acids is 1. The van der Waals surface area contributed by atoms with Crippen LogP contribution in [0.3, 0.4) is 0 Å². The summed E-state index contributed by atoms with van der Waals surface area (Å²) in [4.78, 5) is 11.3. The third kappa shape index (κ3) is 19.3. The molecule has 1 unspecified atom stereocenters. The van der Waals surface area contributed by atoms with E-state index in [1.165, 1.54) is 51.4 Å². The minimum atomic E-state index is -0.291. The second-order valence-corrected chi connectivity index (χ2v) is 6.80. The molecule has 0 aliphatic heterocycles. The lowest BCUT2D eigenvalue weighted by molar-refractivity contribution is -0.144. The van der Waals surface area contributed by atoms with Crippen molar-refractivity contribution in [2.45, 2.75) is 96.3 Å². The summed E-state index contributed by atoms with van der Waals surface area (Å²) in [5.74, 6) is -0.127. The Morgan fingerprint density at radius 3 is 2.09 bits per heavy atom. The molecule has 0 amide bonds. The Morgan fingerprint density at radius 2 is 1.48 bits per heavy atom. The Kier molecular flexibility index (Phi) is 17.1. The summed E-state index contributed by atoms with van der Waals surface area (Å²) in [5.41, 5.74) is -0.291. The molecule has 0 saturated heterocycles. The maximum Gasteiger partial charge on any atom is 0.306 e. The second kappa shape index (κ2) is 17.7. The Morgan fingerprint density at radius 1 is 0.913 bits per heavy atom. The van der Waals surface area contributed by atoms with Gasteiger partial charge in [0.15, 0.2) is 0 Å². The van der Waals surface area contributed by atoms with Crippen molar-refractivity contribution in [2.75, 3.05) is 0 Å². The summed E-state index contributed by atoms with van der Waals surface area (Å²) in [5, 5.41) is 0. The number of rotatable bonds is 15. The van der Waals surface area contributed by atoms with Crippen molar-refractivity contribution in [3.8, 4) is 0 Å². The van der Waals surface area contributed by atoms with Gasteiger partial charge in [0.2, 0.25) is 0 Å². The maximum atomic E-state index is 11.3. The first-order chi connectivity index (χ1) is 11.2. The average Bonchev–Trinajstić information content (AvgIpc) is 2.50. The van der Waals surface area contributed by atoms with Crippen molar-refractivity contribution in [3.05, 3.63) is 24.3 Å². The van der Waals surface area contributed by atoms with Crippen LogP contribution in [-0.2, 0) is 9.53 Å². The fraction of sp³-hybridized carbons (Fsp3) is 0.750.